The number of alkyl halides is 3. The van der Waals surface area contributed by atoms with E-state index in [-0.39, 0.29) is 19.4 Å². The number of hydrogen-bond acceptors (Lipinski definition) is 2. The maximum atomic E-state index is 12.8. The molecule has 20 heavy (non-hydrogen) atoms. The van der Waals surface area contributed by atoms with Crippen LogP contribution in [-0.4, -0.2) is 42.5 Å². The van der Waals surface area contributed by atoms with Crippen molar-refractivity contribution in [2.75, 3.05) is 13.6 Å². The van der Waals surface area contributed by atoms with Crippen molar-refractivity contribution in [3.05, 3.63) is 0 Å². The molecule has 0 heterocycles. The molecule has 0 bridgehead atoms. The predicted molar refractivity (Wildman–Crippen MR) is 70.5 cm³/mol. The Kier molecular flexibility index (Phi) is 4.46. The van der Waals surface area contributed by atoms with Crippen LogP contribution < -0.4 is 10.6 Å². The molecule has 2 saturated carbocycles. The molecule has 116 valence electrons. The number of halogens is 3. The van der Waals surface area contributed by atoms with Gasteiger partial charge in [0.25, 0.3) is 0 Å². The van der Waals surface area contributed by atoms with Gasteiger partial charge < -0.3 is 15.7 Å². The van der Waals surface area contributed by atoms with E-state index in [1.807, 2.05) is 0 Å². The van der Waals surface area contributed by atoms with E-state index in [0.717, 1.165) is 12.8 Å². The zero-order valence-electron chi connectivity index (χ0n) is 11.6. The van der Waals surface area contributed by atoms with Crippen molar-refractivity contribution in [3.8, 4) is 0 Å². The van der Waals surface area contributed by atoms with Crippen LogP contribution in [0.1, 0.15) is 38.5 Å². The lowest BCUT2D eigenvalue weighted by Gasteiger charge is -2.37. The van der Waals surface area contributed by atoms with Gasteiger partial charge in [0, 0.05) is 19.6 Å². The average molecular weight is 293 g/mol. The second-order valence-electron chi connectivity index (χ2n) is 5.90. The normalized spacial score (nSPS) is 32.0. The van der Waals surface area contributed by atoms with Gasteiger partial charge in [0.1, 0.15) is 0 Å². The van der Waals surface area contributed by atoms with Crippen molar-refractivity contribution in [2.24, 2.45) is 10.9 Å². The van der Waals surface area contributed by atoms with Gasteiger partial charge in [0.2, 0.25) is 0 Å². The molecule has 4 nitrogen and oxygen atoms in total. The Morgan fingerprint density at radius 3 is 2.60 bits per heavy atom. The van der Waals surface area contributed by atoms with Gasteiger partial charge in [-0.2, -0.15) is 13.2 Å². The molecule has 2 unspecified atom stereocenters. The zero-order valence-corrected chi connectivity index (χ0v) is 11.6. The Morgan fingerprint density at radius 1 is 1.35 bits per heavy atom. The van der Waals surface area contributed by atoms with E-state index in [1.165, 1.54) is 0 Å². The summed E-state index contributed by atoms with van der Waals surface area (Å²) in [6.45, 7) is 0.103. The SMILES string of the molecule is CN=C(NCC1(O)CCCC(C(F)(F)F)C1)NC1CC1. The first-order valence-corrected chi connectivity index (χ1v) is 7.09. The van der Waals surface area contributed by atoms with Crippen LogP contribution in [0.3, 0.4) is 0 Å². The number of rotatable bonds is 3. The van der Waals surface area contributed by atoms with Crippen molar-refractivity contribution in [2.45, 2.75) is 56.3 Å². The fourth-order valence-corrected chi connectivity index (χ4v) is 2.64. The number of guanidine groups is 1. The molecular formula is C13H22F3N3O. The molecule has 3 N–H and O–H groups in total. The summed E-state index contributed by atoms with van der Waals surface area (Å²) in [5, 5.41) is 16.4. The van der Waals surface area contributed by atoms with Crippen molar-refractivity contribution < 1.29 is 18.3 Å². The van der Waals surface area contributed by atoms with Gasteiger partial charge >= 0.3 is 6.18 Å². The summed E-state index contributed by atoms with van der Waals surface area (Å²) >= 11 is 0. The highest BCUT2D eigenvalue weighted by atomic mass is 19.4. The predicted octanol–water partition coefficient (Wildman–Crippen LogP) is 1.80. The Morgan fingerprint density at radius 2 is 2.05 bits per heavy atom. The van der Waals surface area contributed by atoms with Crippen LogP contribution in [0.2, 0.25) is 0 Å². The van der Waals surface area contributed by atoms with E-state index >= 15 is 0 Å². The molecule has 2 rings (SSSR count). The summed E-state index contributed by atoms with van der Waals surface area (Å²) in [6, 6.07) is 0.408. The standard InChI is InChI=1S/C13H22F3N3O/c1-17-11(19-10-4-5-10)18-8-12(20)6-2-3-9(7-12)13(14,15)16/h9-10,20H,2-8H2,1H3,(H2,17,18,19). The molecule has 0 aromatic heterocycles. The summed E-state index contributed by atoms with van der Waals surface area (Å²) in [7, 11) is 1.61. The molecule has 0 spiro atoms. The number of hydrogen-bond donors (Lipinski definition) is 3. The molecule has 0 aromatic rings. The van der Waals surface area contributed by atoms with Crippen LogP contribution in [0.25, 0.3) is 0 Å². The number of nitrogens with one attached hydrogen (secondary N) is 2. The van der Waals surface area contributed by atoms with Crippen LogP contribution in [0.15, 0.2) is 4.99 Å². The Balaban J connectivity index is 1.86. The molecular weight excluding hydrogens is 271 g/mol. The van der Waals surface area contributed by atoms with E-state index in [2.05, 4.69) is 15.6 Å². The molecule has 2 aliphatic rings. The Labute approximate surface area is 116 Å². The van der Waals surface area contributed by atoms with Crippen molar-refractivity contribution in [3.63, 3.8) is 0 Å². The fourth-order valence-electron chi connectivity index (χ4n) is 2.64. The molecule has 0 saturated heterocycles. The van der Waals surface area contributed by atoms with E-state index in [9.17, 15) is 18.3 Å². The molecule has 0 radical (unpaired) electrons. The zero-order chi connectivity index (χ0) is 14.8. The molecule has 0 aliphatic heterocycles. The van der Waals surface area contributed by atoms with Crippen molar-refractivity contribution in [1.82, 2.24) is 10.6 Å². The first kappa shape index (κ1) is 15.4. The van der Waals surface area contributed by atoms with E-state index in [1.54, 1.807) is 7.05 Å². The highest BCUT2D eigenvalue weighted by Gasteiger charge is 2.46. The largest absolute Gasteiger partial charge is 0.391 e. The van der Waals surface area contributed by atoms with Crippen LogP contribution >= 0.6 is 0 Å². The minimum atomic E-state index is -4.22. The van der Waals surface area contributed by atoms with Gasteiger partial charge in [-0.3, -0.25) is 4.99 Å². The highest BCUT2D eigenvalue weighted by Crippen LogP contribution is 2.41. The van der Waals surface area contributed by atoms with Gasteiger partial charge in [-0.05, 0) is 38.5 Å². The molecule has 0 amide bonds. The van der Waals surface area contributed by atoms with Gasteiger partial charge in [-0.1, -0.05) is 0 Å². The lowest BCUT2D eigenvalue weighted by atomic mass is 9.77. The lowest BCUT2D eigenvalue weighted by molar-refractivity contribution is -0.199. The quantitative estimate of drug-likeness (QED) is 0.549. The first-order chi connectivity index (χ1) is 9.32. The summed E-state index contributed by atoms with van der Waals surface area (Å²) in [4.78, 5) is 4.01. The average Bonchev–Trinajstić information content (AvgIpc) is 3.17. The molecule has 7 heteroatoms. The van der Waals surface area contributed by atoms with Crippen LogP contribution in [0, 0.1) is 5.92 Å². The smallest absolute Gasteiger partial charge is 0.388 e. The molecule has 2 atom stereocenters. The summed E-state index contributed by atoms with van der Waals surface area (Å²) in [6.07, 6.45) is -1.38. The fraction of sp³-hybridized carbons (Fsp3) is 0.923. The van der Waals surface area contributed by atoms with Gasteiger partial charge in [-0.15, -0.1) is 0 Å². The van der Waals surface area contributed by atoms with Crippen molar-refractivity contribution >= 4 is 5.96 Å². The maximum absolute atomic E-state index is 12.8. The topological polar surface area (TPSA) is 56.7 Å². The maximum Gasteiger partial charge on any atom is 0.391 e. The van der Waals surface area contributed by atoms with Crippen LogP contribution in [0.4, 0.5) is 13.2 Å². The summed E-state index contributed by atoms with van der Waals surface area (Å²) in [5.74, 6) is -0.850. The second kappa shape index (κ2) is 5.79. The summed E-state index contributed by atoms with van der Waals surface area (Å²) in [5.41, 5.74) is -1.31. The van der Waals surface area contributed by atoms with Crippen LogP contribution in [0.5, 0.6) is 0 Å². The van der Waals surface area contributed by atoms with E-state index in [0.29, 0.717) is 24.8 Å². The van der Waals surface area contributed by atoms with Gasteiger partial charge in [0.05, 0.1) is 11.5 Å². The second-order valence-corrected chi connectivity index (χ2v) is 5.90. The van der Waals surface area contributed by atoms with Gasteiger partial charge in [-0.25, -0.2) is 0 Å². The lowest BCUT2D eigenvalue weighted by Crippen LogP contribution is -2.51. The monoisotopic (exact) mass is 293 g/mol. The minimum absolute atomic E-state index is 0.103. The number of aliphatic imine (C=N–C) groups is 1. The van der Waals surface area contributed by atoms with Gasteiger partial charge in [0.15, 0.2) is 5.96 Å². The molecule has 0 aromatic carbocycles. The van der Waals surface area contributed by atoms with Crippen molar-refractivity contribution in [1.29, 1.82) is 0 Å². The minimum Gasteiger partial charge on any atom is -0.388 e. The van der Waals surface area contributed by atoms with E-state index in [4.69, 9.17) is 0 Å². The third-order valence-electron chi connectivity index (χ3n) is 4.01. The number of nitrogens with zero attached hydrogens (tertiary/aromatic N) is 1. The Bertz CT molecular complexity index is 368. The Hall–Kier alpha value is -0.980. The molecule has 2 fully saturated rings. The third kappa shape index (κ3) is 4.26. The van der Waals surface area contributed by atoms with Crippen LogP contribution in [-0.2, 0) is 0 Å². The summed E-state index contributed by atoms with van der Waals surface area (Å²) < 4.78 is 38.3. The number of aliphatic hydroxyl groups is 1. The third-order valence-corrected chi connectivity index (χ3v) is 4.01. The van der Waals surface area contributed by atoms with E-state index < -0.39 is 17.7 Å². The first-order valence-electron chi connectivity index (χ1n) is 7.09. The molecule has 2 aliphatic carbocycles. The highest BCUT2D eigenvalue weighted by molar-refractivity contribution is 5.80.